The molecule has 3 heterocycles. The summed E-state index contributed by atoms with van der Waals surface area (Å²) in [6.45, 7) is 2.85. The molecule has 0 spiro atoms. The molecule has 4 nitrogen and oxygen atoms in total. The Hall–Kier alpha value is -4.35. The molecule has 7 aromatic rings. The first kappa shape index (κ1) is 29.2. The van der Waals surface area contributed by atoms with Gasteiger partial charge in [0.15, 0.2) is 5.78 Å². The maximum atomic E-state index is 10.0. The third kappa shape index (κ3) is 5.83. The van der Waals surface area contributed by atoms with E-state index in [2.05, 4.69) is 84.9 Å². The van der Waals surface area contributed by atoms with Crippen LogP contribution in [0.1, 0.15) is 13.8 Å². The summed E-state index contributed by atoms with van der Waals surface area (Å²) in [6.07, 6.45) is 3.17. The Morgan fingerprint density at radius 3 is 2.19 bits per heavy atom. The first-order valence-electron chi connectivity index (χ1n) is 13.2. The van der Waals surface area contributed by atoms with Crippen LogP contribution in [0.2, 0.25) is 0 Å². The Bertz CT molecular complexity index is 2040. The summed E-state index contributed by atoms with van der Waals surface area (Å²) in [6, 6.07) is 38.9. The standard InChI is InChI=1S/C31H18NOS.C5H8O2.Ir/c1-3-10-20(11-4-1)29-25-19-32-26(18-28(25)34-31(29)21-12-5-2-6-13-21)24-16-9-15-23-22-14-7-8-17-27(22)33-30(23)24;1-4(6)3-5(2)7;/h1-15,17-19H;3,6H,1-2H3;/q-1;;/b;4-3-;. The number of carbonyl (C=O) groups excluding carboxylic acids is 1. The average Bonchev–Trinajstić information content (AvgIpc) is 3.56. The number of rotatable bonds is 4. The number of benzene rings is 4. The van der Waals surface area contributed by atoms with Crippen LogP contribution in [0.15, 0.2) is 126 Å². The third-order valence-electron chi connectivity index (χ3n) is 6.68. The van der Waals surface area contributed by atoms with Crippen molar-refractivity contribution < 1.29 is 34.4 Å². The Morgan fingerprint density at radius 1 is 0.857 bits per heavy atom. The molecule has 0 aliphatic rings. The summed E-state index contributed by atoms with van der Waals surface area (Å²) in [5, 5.41) is 11.7. The first-order chi connectivity index (χ1) is 20.0. The Balaban J connectivity index is 0.000000396. The van der Waals surface area contributed by atoms with E-state index in [1.54, 1.807) is 11.3 Å². The number of hydrogen-bond acceptors (Lipinski definition) is 5. The second-order valence-corrected chi connectivity index (χ2v) is 10.7. The molecule has 0 atom stereocenters. The van der Waals surface area contributed by atoms with Gasteiger partial charge in [0.2, 0.25) is 0 Å². The van der Waals surface area contributed by atoms with E-state index in [0.717, 1.165) is 38.6 Å². The smallest absolute Gasteiger partial charge is 0.155 e. The summed E-state index contributed by atoms with van der Waals surface area (Å²) < 4.78 is 7.45. The van der Waals surface area contributed by atoms with Crippen molar-refractivity contribution in [2.45, 2.75) is 13.8 Å². The van der Waals surface area contributed by atoms with Gasteiger partial charge in [-0.05, 0) is 36.7 Å². The van der Waals surface area contributed by atoms with Gasteiger partial charge in [-0.1, -0.05) is 95.9 Å². The van der Waals surface area contributed by atoms with Gasteiger partial charge in [-0.15, -0.1) is 29.5 Å². The van der Waals surface area contributed by atoms with Gasteiger partial charge in [-0.3, -0.25) is 4.79 Å². The fourth-order valence-electron chi connectivity index (χ4n) is 4.99. The summed E-state index contributed by atoms with van der Waals surface area (Å²) in [7, 11) is 0. The largest absolute Gasteiger partial charge is 0.512 e. The molecule has 0 fully saturated rings. The van der Waals surface area contributed by atoms with Crippen molar-refractivity contribution in [2.24, 2.45) is 0 Å². The topological polar surface area (TPSA) is 63.3 Å². The zero-order chi connectivity index (χ0) is 28.3. The molecule has 0 saturated carbocycles. The van der Waals surface area contributed by atoms with E-state index >= 15 is 0 Å². The van der Waals surface area contributed by atoms with Gasteiger partial charge in [-0.25, -0.2) is 0 Å². The number of pyridine rings is 1. The molecule has 3 aromatic heterocycles. The van der Waals surface area contributed by atoms with E-state index in [4.69, 9.17) is 14.5 Å². The van der Waals surface area contributed by atoms with Crippen LogP contribution in [0.4, 0.5) is 0 Å². The number of ketones is 1. The minimum Gasteiger partial charge on any atom is -0.512 e. The van der Waals surface area contributed by atoms with Crippen LogP contribution in [-0.4, -0.2) is 15.9 Å². The molecule has 42 heavy (non-hydrogen) atoms. The van der Waals surface area contributed by atoms with E-state index in [9.17, 15) is 4.79 Å². The van der Waals surface area contributed by atoms with E-state index in [1.807, 2.05) is 30.5 Å². The number of carbonyl (C=O) groups is 1. The molecular formula is C36H26IrNO3S-. The van der Waals surface area contributed by atoms with Gasteiger partial charge in [-0.2, -0.15) is 0 Å². The van der Waals surface area contributed by atoms with Crippen LogP contribution in [0, 0.1) is 6.07 Å². The minimum atomic E-state index is -0.125. The number of nitrogens with zero attached hydrogens (tertiary/aromatic N) is 1. The quantitative estimate of drug-likeness (QED) is 0.111. The van der Waals surface area contributed by atoms with E-state index in [1.165, 1.54) is 46.2 Å². The van der Waals surface area contributed by atoms with Crippen LogP contribution >= 0.6 is 11.3 Å². The molecular weight excluding hydrogens is 719 g/mol. The zero-order valence-corrected chi connectivity index (χ0v) is 26.1. The monoisotopic (exact) mass is 745 g/mol. The molecule has 0 aliphatic carbocycles. The minimum absolute atomic E-state index is 0. The Labute approximate surface area is 261 Å². The maximum absolute atomic E-state index is 10.0. The molecule has 0 unspecified atom stereocenters. The number of furan rings is 1. The van der Waals surface area contributed by atoms with E-state index < -0.39 is 0 Å². The molecule has 7 rings (SSSR count). The molecule has 209 valence electrons. The van der Waals surface area contributed by atoms with Crippen molar-refractivity contribution in [3.8, 4) is 32.8 Å². The molecule has 0 amide bonds. The number of aliphatic hydroxyl groups excluding tert-OH is 1. The number of fused-ring (bicyclic) bond motifs is 4. The second kappa shape index (κ2) is 12.7. The fraction of sp³-hybridized carbons (Fsp3) is 0.0556. The first-order valence-corrected chi connectivity index (χ1v) is 14.0. The second-order valence-electron chi connectivity index (χ2n) is 9.69. The molecule has 6 heteroatoms. The van der Waals surface area contributed by atoms with Gasteiger partial charge in [0.1, 0.15) is 5.58 Å². The summed E-state index contributed by atoms with van der Waals surface area (Å²) in [5.74, 6) is -0.0625. The SMILES string of the molecule is CC(=O)/C=C(/C)O.[Ir].[c-]1ccc2c(oc3ccccc32)c1-c1cc2sc(-c3ccccc3)c(-c3ccccc3)c2cn1. The van der Waals surface area contributed by atoms with Crippen molar-refractivity contribution in [1.82, 2.24) is 4.98 Å². The van der Waals surface area contributed by atoms with Crippen LogP contribution in [0.5, 0.6) is 0 Å². The van der Waals surface area contributed by atoms with Crippen molar-refractivity contribution in [2.75, 3.05) is 0 Å². The summed E-state index contributed by atoms with van der Waals surface area (Å²) in [4.78, 5) is 16.2. The summed E-state index contributed by atoms with van der Waals surface area (Å²) >= 11 is 1.81. The van der Waals surface area contributed by atoms with Crippen molar-refractivity contribution in [3.05, 3.63) is 127 Å². The van der Waals surface area contributed by atoms with Crippen molar-refractivity contribution in [3.63, 3.8) is 0 Å². The number of thiophene rings is 1. The number of allylic oxidation sites excluding steroid dienone is 2. The van der Waals surface area contributed by atoms with E-state index in [0.29, 0.717) is 0 Å². The molecule has 1 N–H and O–H groups in total. The Kier molecular flexibility index (Phi) is 8.79. The molecule has 0 saturated heterocycles. The van der Waals surface area contributed by atoms with Crippen LogP contribution in [0.25, 0.3) is 64.8 Å². The maximum Gasteiger partial charge on any atom is 0.155 e. The number of aromatic nitrogens is 1. The van der Waals surface area contributed by atoms with Gasteiger partial charge in [0, 0.05) is 58.3 Å². The fourth-order valence-corrected chi connectivity index (χ4v) is 6.23. The number of para-hydroxylation sites is 1. The molecule has 0 aliphatic heterocycles. The average molecular weight is 745 g/mol. The number of aliphatic hydroxyl groups is 1. The van der Waals surface area contributed by atoms with Crippen LogP contribution in [-0.2, 0) is 24.9 Å². The van der Waals surface area contributed by atoms with Crippen LogP contribution < -0.4 is 0 Å². The molecule has 1 radical (unpaired) electrons. The third-order valence-corrected chi connectivity index (χ3v) is 7.88. The van der Waals surface area contributed by atoms with Gasteiger partial charge >= 0.3 is 0 Å². The normalized spacial score (nSPS) is 11.2. The number of hydrogen-bond donors (Lipinski definition) is 1. The van der Waals surface area contributed by atoms with Crippen molar-refractivity contribution in [1.29, 1.82) is 0 Å². The predicted octanol–water partition coefficient (Wildman–Crippen LogP) is 10.0. The predicted molar refractivity (Wildman–Crippen MR) is 169 cm³/mol. The van der Waals surface area contributed by atoms with Crippen LogP contribution in [0.3, 0.4) is 0 Å². The van der Waals surface area contributed by atoms with Gasteiger partial charge < -0.3 is 14.5 Å². The van der Waals surface area contributed by atoms with Crippen molar-refractivity contribution >= 4 is 49.1 Å². The molecule has 4 aromatic carbocycles. The summed E-state index contributed by atoms with van der Waals surface area (Å²) in [5.41, 5.74) is 7.14. The van der Waals surface area contributed by atoms with Gasteiger partial charge in [0.05, 0.1) is 11.3 Å². The van der Waals surface area contributed by atoms with Gasteiger partial charge in [0.25, 0.3) is 0 Å². The van der Waals surface area contributed by atoms with E-state index in [-0.39, 0.29) is 31.6 Å². The molecule has 0 bridgehead atoms. The Morgan fingerprint density at radius 2 is 1.52 bits per heavy atom. The zero-order valence-electron chi connectivity index (χ0n) is 22.9.